The molecule has 0 N–H and O–H groups in total. The molecule has 0 spiro atoms. The minimum absolute atomic E-state index is 0.00870. The van der Waals surface area contributed by atoms with Gasteiger partial charge in [0.1, 0.15) is 23.9 Å². The first-order valence-electron chi connectivity index (χ1n) is 10.2. The number of aromatic nitrogens is 2. The molecule has 9 heteroatoms. The summed E-state index contributed by atoms with van der Waals surface area (Å²) in [6.07, 6.45) is 1.57. The number of rotatable bonds is 5. The number of esters is 1. The first-order chi connectivity index (χ1) is 16.2. The number of ether oxygens (including phenoxy) is 1. The van der Waals surface area contributed by atoms with Crippen LogP contribution in [-0.2, 0) is 16.1 Å². The topological polar surface area (TPSA) is 74.3 Å². The first kappa shape index (κ1) is 23.4. The maximum Gasteiger partial charge on any atom is 0.303 e. The highest BCUT2D eigenvalue weighted by Gasteiger charge is 2.24. The monoisotopic (exact) mass is 484 g/mol. The minimum atomic E-state index is -0.853. The van der Waals surface area contributed by atoms with Crippen molar-refractivity contribution in [3.63, 3.8) is 0 Å². The van der Waals surface area contributed by atoms with Gasteiger partial charge in [0.15, 0.2) is 5.76 Å². The minimum Gasteiger partial charge on any atom is -0.459 e. The van der Waals surface area contributed by atoms with Gasteiger partial charge in [0.05, 0.1) is 16.8 Å². The van der Waals surface area contributed by atoms with Crippen molar-refractivity contribution in [3.8, 4) is 28.1 Å². The van der Waals surface area contributed by atoms with Crippen molar-refractivity contribution in [3.05, 3.63) is 92.5 Å². The fraction of sp³-hybridized carbons (Fsp3) is 0.160. The Balaban J connectivity index is 1.95. The van der Waals surface area contributed by atoms with Crippen molar-refractivity contribution in [2.24, 2.45) is 0 Å². The second-order valence-corrected chi connectivity index (χ2v) is 8.19. The van der Waals surface area contributed by atoms with E-state index in [1.165, 1.54) is 29.7 Å². The Morgan fingerprint density at radius 1 is 1.12 bits per heavy atom. The molecule has 2 aromatic heterocycles. The van der Waals surface area contributed by atoms with Crippen LogP contribution in [0.25, 0.3) is 28.1 Å². The van der Waals surface area contributed by atoms with E-state index in [1.807, 2.05) is 13.8 Å². The summed E-state index contributed by atoms with van der Waals surface area (Å²) in [5, 5.41) is 4.50. The van der Waals surface area contributed by atoms with Gasteiger partial charge in [0.25, 0.3) is 5.56 Å². The molecule has 0 aliphatic rings. The van der Waals surface area contributed by atoms with Crippen molar-refractivity contribution in [1.82, 2.24) is 9.72 Å². The molecule has 0 unspecified atom stereocenters. The normalized spacial score (nSPS) is 11.0. The van der Waals surface area contributed by atoms with Crippen LogP contribution in [0, 0.1) is 25.5 Å². The smallest absolute Gasteiger partial charge is 0.303 e. The van der Waals surface area contributed by atoms with Crippen molar-refractivity contribution < 1.29 is 22.8 Å². The Kier molecular flexibility index (Phi) is 6.34. The van der Waals surface area contributed by atoms with E-state index in [9.17, 15) is 18.4 Å². The fourth-order valence-corrected chi connectivity index (χ4v) is 4.17. The van der Waals surface area contributed by atoms with Crippen LogP contribution in [-0.4, -0.2) is 15.7 Å². The van der Waals surface area contributed by atoms with E-state index in [1.54, 1.807) is 18.3 Å². The fourth-order valence-electron chi connectivity index (χ4n) is 3.84. The zero-order chi connectivity index (χ0) is 24.6. The lowest BCUT2D eigenvalue weighted by molar-refractivity contribution is -0.142. The molecule has 0 saturated carbocycles. The van der Waals surface area contributed by atoms with Gasteiger partial charge < -0.3 is 9.26 Å². The van der Waals surface area contributed by atoms with Gasteiger partial charge in [-0.1, -0.05) is 16.8 Å². The number of aryl methyl sites for hydroxylation is 2. The van der Waals surface area contributed by atoms with Gasteiger partial charge in [-0.25, -0.2) is 8.78 Å². The van der Waals surface area contributed by atoms with Crippen LogP contribution in [0.3, 0.4) is 0 Å². The standard InChI is InChI=1S/C25H19ClF2N2O4/c1-13-8-17(26)9-14(2)24(13)30-11-16(4-7-22(30)32)23-21(12-33-15(3)31)29-34-25(23)19-6-5-18(27)10-20(19)28/h4-11H,12H2,1-3H3. The summed E-state index contributed by atoms with van der Waals surface area (Å²) in [6.45, 7) is 4.66. The molecule has 0 bridgehead atoms. The predicted molar refractivity (Wildman–Crippen MR) is 123 cm³/mol. The summed E-state index contributed by atoms with van der Waals surface area (Å²) in [7, 11) is 0. The van der Waals surface area contributed by atoms with E-state index in [-0.39, 0.29) is 29.2 Å². The molecule has 0 aliphatic carbocycles. The van der Waals surface area contributed by atoms with Crippen LogP contribution in [0.4, 0.5) is 8.78 Å². The molecule has 4 rings (SSSR count). The second-order valence-electron chi connectivity index (χ2n) is 7.75. The van der Waals surface area contributed by atoms with Crippen molar-refractivity contribution >= 4 is 17.6 Å². The molecular formula is C25H19ClF2N2O4. The maximum atomic E-state index is 14.6. The average Bonchev–Trinajstić information content (AvgIpc) is 3.16. The van der Waals surface area contributed by atoms with Crippen molar-refractivity contribution in [2.45, 2.75) is 27.4 Å². The van der Waals surface area contributed by atoms with Crippen LogP contribution in [0.5, 0.6) is 0 Å². The van der Waals surface area contributed by atoms with Crippen LogP contribution in [0.2, 0.25) is 5.02 Å². The molecule has 2 aromatic carbocycles. The number of carbonyl (C=O) groups is 1. The van der Waals surface area contributed by atoms with E-state index < -0.39 is 17.6 Å². The van der Waals surface area contributed by atoms with Gasteiger partial charge >= 0.3 is 5.97 Å². The van der Waals surface area contributed by atoms with Gasteiger partial charge in [0, 0.05) is 35.8 Å². The number of hydrogen-bond acceptors (Lipinski definition) is 5. The van der Waals surface area contributed by atoms with Crippen LogP contribution < -0.4 is 5.56 Å². The van der Waals surface area contributed by atoms with Gasteiger partial charge in [-0.3, -0.25) is 14.2 Å². The van der Waals surface area contributed by atoms with E-state index in [2.05, 4.69) is 5.16 Å². The molecule has 0 atom stereocenters. The van der Waals surface area contributed by atoms with Gasteiger partial charge in [0.2, 0.25) is 0 Å². The number of halogens is 3. The van der Waals surface area contributed by atoms with Gasteiger partial charge in [-0.15, -0.1) is 0 Å². The Bertz CT molecular complexity index is 1450. The highest BCUT2D eigenvalue weighted by molar-refractivity contribution is 6.30. The van der Waals surface area contributed by atoms with E-state index in [0.29, 0.717) is 21.8 Å². The Morgan fingerprint density at radius 3 is 2.47 bits per heavy atom. The predicted octanol–water partition coefficient (Wildman–Crippen LogP) is 5.77. The highest BCUT2D eigenvalue weighted by Crippen LogP contribution is 2.37. The number of hydrogen-bond donors (Lipinski definition) is 0. The largest absolute Gasteiger partial charge is 0.459 e. The zero-order valence-corrected chi connectivity index (χ0v) is 19.2. The summed E-state index contributed by atoms with van der Waals surface area (Å²) < 4.78 is 40.1. The summed E-state index contributed by atoms with van der Waals surface area (Å²) in [5.41, 5.74) is 2.84. The number of benzene rings is 2. The number of pyridine rings is 1. The molecule has 0 saturated heterocycles. The second kappa shape index (κ2) is 9.23. The summed E-state index contributed by atoms with van der Waals surface area (Å²) in [4.78, 5) is 24.2. The number of carbonyl (C=O) groups excluding carboxylic acids is 1. The third-order valence-electron chi connectivity index (χ3n) is 5.25. The molecule has 0 aliphatic heterocycles. The van der Waals surface area contributed by atoms with Crippen molar-refractivity contribution in [2.75, 3.05) is 0 Å². The molecule has 4 aromatic rings. The lowest BCUT2D eigenvalue weighted by Crippen LogP contribution is -2.18. The quantitative estimate of drug-likeness (QED) is 0.336. The average molecular weight is 485 g/mol. The van der Waals surface area contributed by atoms with Crippen LogP contribution >= 0.6 is 11.6 Å². The molecule has 0 amide bonds. The van der Waals surface area contributed by atoms with E-state index in [4.69, 9.17) is 20.9 Å². The van der Waals surface area contributed by atoms with Gasteiger partial charge in [-0.05, 0) is 55.3 Å². The summed E-state index contributed by atoms with van der Waals surface area (Å²) in [5.74, 6) is -2.13. The molecule has 6 nitrogen and oxygen atoms in total. The van der Waals surface area contributed by atoms with Crippen molar-refractivity contribution in [1.29, 1.82) is 0 Å². The SMILES string of the molecule is CC(=O)OCc1noc(-c2ccc(F)cc2F)c1-c1ccc(=O)n(-c2c(C)cc(Cl)cc2C)c1. The van der Waals surface area contributed by atoms with Crippen LogP contribution in [0.1, 0.15) is 23.7 Å². The molecule has 174 valence electrons. The lowest BCUT2D eigenvalue weighted by atomic mass is 10.00. The van der Waals surface area contributed by atoms with Crippen LogP contribution in [0.15, 0.2) is 58.0 Å². The first-order valence-corrected chi connectivity index (χ1v) is 10.6. The molecular weight excluding hydrogens is 466 g/mol. The van der Waals surface area contributed by atoms with E-state index in [0.717, 1.165) is 23.3 Å². The lowest BCUT2D eigenvalue weighted by Gasteiger charge is -2.15. The summed E-state index contributed by atoms with van der Waals surface area (Å²) >= 11 is 6.15. The zero-order valence-electron chi connectivity index (χ0n) is 18.5. The molecule has 0 fully saturated rings. The van der Waals surface area contributed by atoms with E-state index >= 15 is 0 Å². The third kappa shape index (κ3) is 4.49. The molecule has 0 radical (unpaired) electrons. The summed E-state index contributed by atoms with van der Waals surface area (Å²) in [6, 6.07) is 9.44. The van der Waals surface area contributed by atoms with Gasteiger partial charge in [-0.2, -0.15) is 0 Å². The number of nitrogens with zero attached hydrogens (tertiary/aromatic N) is 2. The maximum absolute atomic E-state index is 14.6. The third-order valence-corrected chi connectivity index (χ3v) is 5.47. The Morgan fingerprint density at radius 2 is 1.82 bits per heavy atom. The molecule has 34 heavy (non-hydrogen) atoms. The highest BCUT2D eigenvalue weighted by atomic mass is 35.5. The Labute approximate surface area is 198 Å². The Hall–Kier alpha value is -3.78. The molecule has 2 heterocycles.